The second kappa shape index (κ2) is 7.11. The Balaban J connectivity index is 0.00000208. The maximum atomic E-state index is 14.1. The van der Waals surface area contributed by atoms with Gasteiger partial charge in [0.1, 0.15) is 17.1 Å². The van der Waals surface area contributed by atoms with E-state index in [9.17, 15) is 18.0 Å². The van der Waals surface area contributed by atoms with E-state index >= 15 is 0 Å². The molecular weight excluding hydrogens is 345 g/mol. The summed E-state index contributed by atoms with van der Waals surface area (Å²) in [5.41, 5.74) is 6.17. The van der Waals surface area contributed by atoms with Gasteiger partial charge < -0.3 is 15.8 Å². The molecule has 0 aliphatic carbocycles. The first-order valence-corrected chi connectivity index (χ1v) is 6.94. The van der Waals surface area contributed by atoms with E-state index in [4.69, 9.17) is 10.5 Å². The van der Waals surface area contributed by atoms with Gasteiger partial charge in [0.2, 0.25) is 0 Å². The van der Waals surface area contributed by atoms with Gasteiger partial charge in [0.15, 0.2) is 11.6 Å². The number of hydrogen-bond acceptors (Lipinski definition) is 3. The van der Waals surface area contributed by atoms with E-state index in [0.717, 1.165) is 18.2 Å². The third-order valence-corrected chi connectivity index (χ3v) is 3.62. The molecule has 1 amide bonds. The Kier molecular flexibility index (Phi) is 5.36. The predicted molar refractivity (Wildman–Crippen MR) is 85.0 cm³/mol. The van der Waals surface area contributed by atoms with Crippen LogP contribution in [-0.4, -0.2) is 12.5 Å². The van der Waals surface area contributed by atoms with E-state index in [1.54, 1.807) is 0 Å². The molecule has 24 heavy (non-hydrogen) atoms. The molecule has 0 fully saturated rings. The monoisotopic (exact) mass is 358 g/mol. The van der Waals surface area contributed by atoms with Crippen molar-refractivity contribution in [2.75, 3.05) is 11.9 Å². The zero-order valence-electron chi connectivity index (χ0n) is 12.3. The molecule has 0 aromatic heterocycles. The summed E-state index contributed by atoms with van der Waals surface area (Å²) in [6.07, 6.45) is 0.558. The number of rotatable bonds is 2. The van der Waals surface area contributed by atoms with Gasteiger partial charge >= 0.3 is 0 Å². The van der Waals surface area contributed by atoms with Crippen molar-refractivity contribution < 1.29 is 22.7 Å². The van der Waals surface area contributed by atoms with Crippen LogP contribution >= 0.6 is 12.4 Å². The second-order valence-electron chi connectivity index (χ2n) is 5.17. The van der Waals surface area contributed by atoms with E-state index in [0.29, 0.717) is 12.0 Å². The van der Waals surface area contributed by atoms with Gasteiger partial charge in [-0.05, 0) is 18.2 Å². The molecule has 0 saturated heterocycles. The molecule has 1 unspecified atom stereocenters. The second-order valence-corrected chi connectivity index (χ2v) is 5.17. The maximum absolute atomic E-state index is 14.1. The summed E-state index contributed by atoms with van der Waals surface area (Å²) in [4.78, 5) is 12.3. The Morgan fingerprint density at radius 3 is 2.54 bits per heavy atom. The first-order valence-electron chi connectivity index (χ1n) is 6.94. The summed E-state index contributed by atoms with van der Waals surface area (Å²) < 4.78 is 45.6. The van der Waals surface area contributed by atoms with Crippen molar-refractivity contribution >= 4 is 24.0 Å². The van der Waals surface area contributed by atoms with Crippen molar-refractivity contribution in [2.45, 2.75) is 12.5 Å². The average molecular weight is 359 g/mol. The molecule has 2 aromatic carbocycles. The van der Waals surface area contributed by atoms with E-state index < -0.39 is 23.4 Å². The van der Waals surface area contributed by atoms with Crippen LogP contribution in [0.1, 0.15) is 28.4 Å². The molecule has 1 heterocycles. The molecule has 3 rings (SSSR count). The molecule has 2 aromatic rings. The van der Waals surface area contributed by atoms with E-state index in [1.807, 2.05) is 0 Å². The number of benzene rings is 2. The smallest absolute Gasteiger partial charge is 0.262 e. The van der Waals surface area contributed by atoms with Crippen LogP contribution in [0.5, 0.6) is 5.75 Å². The number of carbonyl (C=O) groups excluding carboxylic acids is 1. The summed E-state index contributed by atoms with van der Waals surface area (Å²) in [6, 6.07) is 5.11. The van der Waals surface area contributed by atoms with Crippen molar-refractivity contribution in [1.29, 1.82) is 0 Å². The van der Waals surface area contributed by atoms with Gasteiger partial charge in [-0.2, -0.15) is 0 Å². The van der Waals surface area contributed by atoms with E-state index in [2.05, 4.69) is 5.32 Å². The summed E-state index contributed by atoms with van der Waals surface area (Å²) in [5.74, 6) is -3.67. The molecular formula is C16H14ClF3N2O2. The fourth-order valence-corrected chi connectivity index (χ4v) is 2.44. The highest BCUT2D eigenvalue weighted by Crippen LogP contribution is 2.35. The Morgan fingerprint density at radius 1 is 1.12 bits per heavy atom. The highest BCUT2D eigenvalue weighted by Gasteiger charge is 2.27. The number of anilines is 1. The van der Waals surface area contributed by atoms with Crippen LogP contribution in [0.3, 0.4) is 0 Å². The number of amides is 1. The van der Waals surface area contributed by atoms with Crippen molar-refractivity contribution in [2.24, 2.45) is 5.73 Å². The number of carbonyl (C=O) groups is 1. The lowest BCUT2D eigenvalue weighted by Crippen LogP contribution is -2.24. The fourth-order valence-electron chi connectivity index (χ4n) is 2.44. The highest BCUT2D eigenvalue weighted by molar-refractivity contribution is 6.06. The third-order valence-electron chi connectivity index (χ3n) is 3.62. The Bertz CT molecular complexity index is 786. The van der Waals surface area contributed by atoms with E-state index in [1.165, 1.54) is 12.1 Å². The quantitative estimate of drug-likeness (QED) is 0.862. The van der Waals surface area contributed by atoms with Gasteiger partial charge in [0.25, 0.3) is 5.91 Å². The maximum Gasteiger partial charge on any atom is 0.262 e. The third kappa shape index (κ3) is 3.32. The van der Waals surface area contributed by atoms with Gasteiger partial charge in [-0.25, -0.2) is 13.2 Å². The minimum Gasteiger partial charge on any atom is -0.492 e. The highest BCUT2D eigenvalue weighted by atomic mass is 35.5. The SMILES string of the molecule is Cl.NC1CCOc2c1ccc(F)c2C(=O)Nc1ccc(F)c(F)c1. The molecule has 3 N–H and O–H groups in total. The lowest BCUT2D eigenvalue weighted by atomic mass is 9.97. The first-order chi connectivity index (χ1) is 11.0. The van der Waals surface area contributed by atoms with Crippen LogP contribution in [0.25, 0.3) is 0 Å². The Labute approximate surface area is 142 Å². The van der Waals surface area contributed by atoms with Gasteiger partial charge in [-0.3, -0.25) is 4.79 Å². The van der Waals surface area contributed by atoms with Crippen LogP contribution in [0.4, 0.5) is 18.9 Å². The standard InChI is InChI=1S/C16H13F3N2O2.ClH/c17-10-3-1-8(7-12(10)19)21-16(22)14-11(18)4-2-9-13(20)5-6-23-15(9)14;/h1-4,7,13H,5-6,20H2,(H,21,22);1H. The van der Waals surface area contributed by atoms with Crippen LogP contribution in [-0.2, 0) is 0 Å². The fraction of sp³-hybridized carbons (Fsp3) is 0.188. The molecule has 1 atom stereocenters. The molecule has 1 aliphatic heterocycles. The zero-order valence-corrected chi connectivity index (χ0v) is 13.1. The van der Waals surface area contributed by atoms with Crippen molar-refractivity contribution in [3.05, 3.63) is 58.9 Å². The van der Waals surface area contributed by atoms with Crippen LogP contribution in [0.15, 0.2) is 30.3 Å². The minimum atomic E-state index is -1.11. The number of nitrogens with two attached hydrogens (primary N) is 1. The lowest BCUT2D eigenvalue weighted by molar-refractivity contribution is 0.101. The molecule has 4 nitrogen and oxygen atoms in total. The molecule has 128 valence electrons. The molecule has 0 saturated carbocycles. The first kappa shape index (κ1) is 18.1. The Hall–Kier alpha value is -2.25. The topological polar surface area (TPSA) is 64.3 Å². The number of nitrogens with one attached hydrogen (secondary N) is 1. The van der Waals surface area contributed by atoms with Crippen molar-refractivity contribution in [3.8, 4) is 5.75 Å². The molecule has 8 heteroatoms. The normalized spacial score (nSPS) is 15.8. The van der Waals surface area contributed by atoms with Crippen LogP contribution in [0, 0.1) is 17.5 Å². The van der Waals surface area contributed by atoms with Gasteiger partial charge in [-0.15, -0.1) is 12.4 Å². The summed E-state index contributed by atoms with van der Waals surface area (Å²) in [7, 11) is 0. The predicted octanol–water partition coefficient (Wildman–Crippen LogP) is 3.56. The van der Waals surface area contributed by atoms with Crippen LogP contribution in [0.2, 0.25) is 0 Å². The van der Waals surface area contributed by atoms with Gasteiger partial charge in [0, 0.05) is 29.8 Å². The molecule has 0 radical (unpaired) electrons. The summed E-state index contributed by atoms with van der Waals surface area (Å²) >= 11 is 0. The summed E-state index contributed by atoms with van der Waals surface area (Å²) in [6.45, 7) is 0.267. The van der Waals surface area contributed by atoms with Crippen molar-refractivity contribution in [1.82, 2.24) is 0 Å². The van der Waals surface area contributed by atoms with E-state index in [-0.39, 0.29) is 42.1 Å². The van der Waals surface area contributed by atoms with Crippen molar-refractivity contribution in [3.63, 3.8) is 0 Å². The molecule has 0 spiro atoms. The van der Waals surface area contributed by atoms with Gasteiger partial charge in [-0.1, -0.05) is 6.07 Å². The van der Waals surface area contributed by atoms with Crippen LogP contribution < -0.4 is 15.8 Å². The zero-order chi connectivity index (χ0) is 16.6. The number of fused-ring (bicyclic) bond motifs is 1. The largest absolute Gasteiger partial charge is 0.492 e. The van der Waals surface area contributed by atoms with Gasteiger partial charge in [0.05, 0.1) is 6.61 Å². The number of ether oxygens (including phenoxy) is 1. The average Bonchev–Trinajstić information content (AvgIpc) is 2.51. The molecule has 1 aliphatic rings. The minimum absolute atomic E-state index is 0. The Morgan fingerprint density at radius 2 is 1.83 bits per heavy atom. The number of halogens is 4. The summed E-state index contributed by atoms with van der Waals surface area (Å²) in [5, 5.41) is 2.33. The number of hydrogen-bond donors (Lipinski definition) is 2. The lowest BCUT2D eigenvalue weighted by Gasteiger charge is -2.25. The molecule has 0 bridgehead atoms.